The van der Waals surface area contributed by atoms with Crippen molar-refractivity contribution in [2.45, 2.75) is 13.5 Å². The summed E-state index contributed by atoms with van der Waals surface area (Å²) >= 11 is 5.93. The van der Waals surface area contributed by atoms with E-state index in [2.05, 4.69) is 10.1 Å². The summed E-state index contributed by atoms with van der Waals surface area (Å²) in [5, 5.41) is 4.79. The first-order valence-electron chi connectivity index (χ1n) is 9.04. The summed E-state index contributed by atoms with van der Waals surface area (Å²) in [4.78, 5) is 31.7. The molecule has 0 saturated carbocycles. The van der Waals surface area contributed by atoms with E-state index in [1.54, 1.807) is 29.2 Å². The van der Waals surface area contributed by atoms with Crippen molar-refractivity contribution in [3.63, 3.8) is 0 Å². The minimum atomic E-state index is -0.390. The summed E-state index contributed by atoms with van der Waals surface area (Å²) in [5.74, 6) is -0.216. The van der Waals surface area contributed by atoms with E-state index >= 15 is 0 Å². The van der Waals surface area contributed by atoms with Crippen molar-refractivity contribution in [3.8, 4) is 11.3 Å². The van der Waals surface area contributed by atoms with Crippen LogP contribution in [-0.2, 0) is 11.3 Å². The molecule has 0 N–H and O–H groups in total. The number of carbonyl (C=O) groups excluding carboxylic acids is 1. The molecule has 7 nitrogen and oxygen atoms in total. The van der Waals surface area contributed by atoms with Crippen LogP contribution in [0.3, 0.4) is 0 Å². The Morgan fingerprint density at radius 3 is 2.55 bits per heavy atom. The van der Waals surface area contributed by atoms with E-state index in [1.807, 2.05) is 37.3 Å². The lowest BCUT2D eigenvalue weighted by atomic mass is 10.1. The minimum absolute atomic E-state index is 0.124. The highest BCUT2D eigenvalue weighted by Gasteiger charge is 2.20. The molecule has 4 rings (SSSR count). The van der Waals surface area contributed by atoms with Gasteiger partial charge >= 0.3 is 0 Å². The lowest BCUT2D eigenvalue weighted by Crippen LogP contribution is -2.36. The molecular weight excluding hydrogens is 392 g/mol. The number of halogens is 1. The molecule has 0 radical (unpaired) electrons. The fraction of sp³-hybridized carbons (Fsp3) is 0.143. The van der Waals surface area contributed by atoms with Crippen LogP contribution >= 0.6 is 11.6 Å². The normalized spacial score (nSPS) is 11.0. The Kier molecular flexibility index (Phi) is 5.14. The van der Waals surface area contributed by atoms with Crippen molar-refractivity contribution < 1.29 is 9.32 Å². The van der Waals surface area contributed by atoms with Gasteiger partial charge in [-0.15, -0.1) is 0 Å². The second kappa shape index (κ2) is 7.89. The third-order valence-electron chi connectivity index (χ3n) is 4.57. The van der Waals surface area contributed by atoms with Crippen molar-refractivity contribution in [1.82, 2.24) is 14.7 Å². The van der Waals surface area contributed by atoms with Gasteiger partial charge in [-0.2, -0.15) is 0 Å². The molecule has 29 heavy (non-hydrogen) atoms. The zero-order chi connectivity index (χ0) is 20.4. The molecule has 8 heteroatoms. The Morgan fingerprint density at radius 2 is 1.86 bits per heavy atom. The predicted molar refractivity (Wildman–Crippen MR) is 111 cm³/mol. The number of carbonyl (C=O) groups is 1. The van der Waals surface area contributed by atoms with Crippen LogP contribution in [0.1, 0.15) is 6.92 Å². The van der Waals surface area contributed by atoms with Gasteiger partial charge in [0.1, 0.15) is 24.0 Å². The zero-order valence-electron chi connectivity index (χ0n) is 15.6. The molecule has 0 saturated heterocycles. The summed E-state index contributed by atoms with van der Waals surface area (Å²) in [6.45, 7) is 2.22. The van der Waals surface area contributed by atoms with Gasteiger partial charge < -0.3 is 9.42 Å². The standard InChI is InChI=1S/C21H17ClN4O3/c1-2-26(16-6-4-3-5-7-16)17(27)12-25-13-23-20-18(21(25)28)19(24-29-20)14-8-10-15(22)11-9-14/h3-11,13H,2,12H2,1H3. The first kappa shape index (κ1) is 18.9. The third kappa shape index (κ3) is 3.64. The molecule has 0 atom stereocenters. The number of hydrogen-bond acceptors (Lipinski definition) is 5. The molecular formula is C21H17ClN4O3. The molecule has 4 aromatic rings. The lowest BCUT2D eigenvalue weighted by Gasteiger charge is -2.21. The summed E-state index contributed by atoms with van der Waals surface area (Å²) in [6.07, 6.45) is 1.30. The number of para-hydroxylation sites is 1. The average Bonchev–Trinajstić information content (AvgIpc) is 3.17. The smallest absolute Gasteiger partial charge is 0.267 e. The topological polar surface area (TPSA) is 81.2 Å². The molecule has 146 valence electrons. The number of amides is 1. The van der Waals surface area contributed by atoms with Gasteiger partial charge in [-0.3, -0.25) is 14.2 Å². The van der Waals surface area contributed by atoms with Crippen LogP contribution < -0.4 is 10.5 Å². The van der Waals surface area contributed by atoms with Crippen LogP contribution in [0, 0.1) is 0 Å². The van der Waals surface area contributed by atoms with Crippen molar-refractivity contribution in [2.24, 2.45) is 0 Å². The Bertz CT molecular complexity index is 1220. The number of rotatable bonds is 5. The summed E-state index contributed by atoms with van der Waals surface area (Å²) in [7, 11) is 0. The predicted octanol–water partition coefficient (Wildman–Crippen LogP) is 3.76. The van der Waals surface area contributed by atoms with E-state index in [-0.39, 0.29) is 23.6 Å². The Labute approximate surface area is 171 Å². The van der Waals surface area contributed by atoms with Crippen molar-refractivity contribution in [1.29, 1.82) is 0 Å². The van der Waals surface area contributed by atoms with Crippen LogP contribution in [0.5, 0.6) is 0 Å². The first-order chi connectivity index (χ1) is 14.1. The van der Waals surface area contributed by atoms with E-state index in [0.717, 1.165) is 5.69 Å². The van der Waals surface area contributed by atoms with E-state index < -0.39 is 5.56 Å². The number of benzene rings is 2. The van der Waals surface area contributed by atoms with Gasteiger partial charge in [0.05, 0.1) is 0 Å². The van der Waals surface area contributed by atoms with Crippen molar-refractivity contribution in [2.75, 3.05) is 11.4 Å². The van der Waals surface area contributed by atoms with Gasteiger partial charge in [-0.05, 0) is 31.2 Å². The minimum Gasteiger partial charge on any atom is -0.335 e. The van der Waals surface area contributed by atoms with Gasteiger partial charge in [0.25, 0.3) is 11.3 Å². The number of aromatic nitrogens is 3. The number of fused-ring (bicyclic) bond motifs is 1. The van der Waals surface area contributed by atoms with Crippen LogP contribution in [0.15, 0.2) is 70.2 Å². The van der Waals surface area contributed by atoms with Crippen LogP contribution in [0.4, 0.5) is 5.69 Å². The largest absolute Gasteiger partial charge is 0.335 e. The molecule has 2 aromatic carbocycles. The molecule has 0 aliphatic heterocycles. The summed E-state index contributed by atoms with van der Waals surface area (Å²) in [5.41, 5.74) is 1.55. The maximum atomic E-state index is 13.1. The van der Waals surface area contributed by atoms with Gasteiger partial charge in [0, 0.05) is 22.8 Å². The van der Waals surface area contributed by atoms with E-state index in [9.17, 15) is 9.59 Å². The fourth-order valence-electron chi connectivity index (χ4n) is 3.14. The molecule has 0 aliphatic rings. The maximum Gasteiger partial charge on any atom is 0.267 e. The second-order valence-corrected chi connectivity index (χ2v) is 6.81. The van der Waals surface area contributed by atoms with Crippen LogP contribution in [0.25, 0.3) is 22.4 Å². The van der Waals surface area contributed by atoms with Crippen LogP contribution in [0.2, 0.25) is 5.02 Å². The van der Waals surface area contributed by atoms with Crippen LogP contribution in [-0.4, -0.2) is 27.2 Å². The number of nitrogens with zero attached hydrogens (tertiary/aromatic N) is 4. The first-order valence-corrected chi connectivity index (χ1v) is 9.42. The quantitative estimate of drug-likeness (QED) is 0.502. The highest BCUT2D eigenvalue weighted by Crippen LogP contribution is 2.25. The average molecular weight is 409 g/mol. The SMILES string of the molecule is CCN(C(=O)Cn1cnc2onc(-c3ccc(Cl)cc3)c2c1=O)c1ccccc1. The lowest BCUT2D eigenvalue weighted by molar-refractivity contribution is -0.119. The number of likely N-dealkylation sites (N-methyl/N-ethyl adjacent to an activating group) is 1. The van der Waals surface area contributed by atoms with Crippen molar-refractivity contribution >= 4 is 34.3 Å². The molecule has 0 aliphatic carbocycles. The monoisotopic (exact) mass is 408 g/mol. The summed E-state index contributed by atoms with van der Waals surface area (Å²) in [6, 6.07) is 16.2. The Hall–Kier alpha value is -3.45. The van der Waals surface area contributed by atoms with Gasteiger partial charge in [0.2, 0.25) is 5.91 Å². The molecule has 0 spiro atoms. The fourth-order valence-corrected chi connectivity index (χ4v) is 3.27. The van der Waals surface area contributed by atoms with E-state index in [4.69, 9.17) is 16.1 Å². The van der Waals surface area contributed by atoms with Gasteiger partial charge in [-0.1, -0.05) is 47.1 Å². The summed E-state index contributed by atoms with van der Waals surface area (Å²) < 4.78 is 6.48. The third-order valence-corrected chi connectivity index (χ3v) is 4.82. The van der Waals surface area contributed by atoms with E-state index in [0.29, 0.717) is 22.8 Å². The van der Waals surface area contributed by atoms with E-state index in [1.165, 1.54) is 10.9 Å². The molecule has 0 bridgehead atoms. The Morgan fingerprint density at radius 1 is 1.14 bits per heavy atom. The Balaban J connectivity index is 1.71. The second-order valence-electron chi connectivity index (χ2n) is 6.37. The zero-order valence-corrected chi connectivity index (χ0v) is 16.3. The molecule has 2 heterocycles. The number of anilines is 1. The highest BCUT2D eigenvalue weighted by atomic mass is 35.5. The molecule has 0 unspecified atom stereocenters. The highest BCUT2D eigenvalue weighted by molar-refractivity contribution is 6.30. The van der Waals surface area contributed by atoms with Crippen molar-refractivity contribution in [3.05, 3.63) is 76.3 Å². The molecule has 1 amide bonds. The molecule has 0 fully saturated rings. The van der Waals surface area contributed by atoms with Gasteiger partial charge in [0.15, 0.2) is 0 Å². The number of hydrogen-bond donors (Lipinski definition) is 0. The maximum absolute atomic E-state index is 13.1. The molecule has 2 aromatic heterocycles. The van der Waals surface area contributed by atoms with Gasteiger partial charge in [-0.25, -0.2) is 4.98 Å².